The minimum atomic E-state index is -0.312. The summed E-state index contributed by atoms with van der Waals surface area (Å²) in [6, 6.07) is 0.620. The molecule has 0 spiro atoms. The minimum absolute atomic E-state index is 0.229. The van der Waals surface area contributed by atoms with Crippen molar-refractivity contribution in [2.45, 2.75) is 45.9 Å². The molecule has 1 rings (SSSR count). The van der Waals surface area contributed by atoms with E-state index in [-0.39, 0.29) is 12.1 Å². The van der Waals surface area contributed by atoms with Gasteiger partial charge >= 0.3 is 0 Å². The van der Waals surface area contributed by atoms with E-state index in [0.717, 1.165) is 5.56 Å². The minimum Gasteiger partial charge on any atom is -0.392 e. The Morgan fingerprint density at radius 3 is 2.53 bits per heavy atom. The average Bonchev–Trinajstić information content (AvgIpc) is 2.62. The Bertz CT molecular complexity index is 294. The molecular formula is C11H21N3O. The summed E-state index contributed by atoms with van der Waals surface area (Å²) in [6.07, 6.45) is 3.61. The standard InChI is InChI=1S/C11H21N3O/c1-8(2)14-7-11(6-13-14)10(4)12-5-9(3)15/h6-10,12,15H,5H2,1-4H3/t9-,10?/m0/s1. The van der Waals surface area contributed by atoms with Gasteiger partial charge in [-0.25, -0.2) is 0 Å². The molecule has 0 bridgehead atoms. The summed E-state index contributed by atoms with van der Waals surface area (Å²) >= 11 is 0. The lowest BCUT2D eigenvalue weighted by Gasteiger charge is -2.13. The molecule has 0 aliphatic carbocycles. The Balaban J connectivity index is 2.54. The molecule has 0 radical (unpaired) electrons. The topological polar surface area (TPSA) is 50.1 Å². The molecular weight excluding hydrogens is 190 g/mol. The maximum atomic E-state index is 9.16. The summed E-state index contributed by atoms with van der Waals surface area (Å²) in [6.45, 7) is 8.66. The van der Waals surface area contributed by atoms with Gasteiger partial charge in [-0.3, -0.25) is 4.68 Å². The van der Waals surface area contributed by atoms with Crippen molar-refractivity contribution in [3.63, 3.8) is 0 Å². The van der Waals surface area contributed by atoms with Gasteiger partial charge in [0.05, 0.1) is 12.3 Å². The largest absolute Gasteiger partial charge is 0.392 e. The van der Waals surface area contributed by atoms with Crippen molar-refractivity contribution >= 4 is 0 Å². The SMILES string of the molecule is CC(NC[C@H](C)O)c1cnn(C(C)C)c1. The molecule has 0 saturated carbocycles. The first kappa shape index (κ1) is 12.2. The highest BCUT2D eigenvalue weighted by atomic mass is 16.3. The van der Waals surface area contributed by atoms with Gasteiger partial charge in [-0.15, -0.1) is 0 Å². The third kappa shape index (κ3) is 3.64. The second-order valence-electron chi connectivity index (χ2n) is 4.33. The molecule has 15 heavy (non-hydrogen) atoms. The lowest BCUT2D eigenvalue weighted by Crippen LogP contribution is -2.26. The highest BCUT2D eigenvalue weighted by Crippen LogP contribution is 2.13. The van der Waals surface area contributed by atoms with Crippen molar-refractivity contribution < 1.29 is 5.11 Å². The van der Waals surface area contributed by atoms with Crippen LogP contribution in [0.3, 0.4) is 0 Å². The summed E-state index contributed by atoms with van der Waals surface area (Å²) in [5.74, 6) is 0. The molecule has 1 unspecified atom stereocenters. The molecule has 4 nitrogen and oxygen atoms in total. The van der Waals surface area contributed by atoms with Gasteiger partial charge in [0.1, 0.15) is 0 Å². The van der Waals surface area contributed by atoms with Gasteiger partial charge in [-0.05, 0) is 27.7 Å². The Labute approximate surface area is 91.3 Å². The number of aliphatic hydroxyl groups is 1. The van der Waals surface area contributed by atoms with Gasteiger partial charge in [-0.1, -0.05) is 0 Å². The summed E-state index contributed by atoms with van der Waals surface area (Å²) in [7, 11) is 0. The van der Waals surface area contributed by atoms with Gasteiger partial charge in [0.2, 0.25) is 0 Å². The lowest BCUT2D eigenvalue weighted by atomic mass is 10.2. The van der Waals surface area contributed by atoms with E-state index in [9.17, 15) is 0 Å². The quantitative estimate of drug-likeness (QED) is 0.776. The molecule has 0 amide bonds. The summed E-state index contributed by atoms with van der Waals surface area (Å²) in [5, 5.41) is 16.7. The first-order chi connectivity index (χ1) is 7.00. The van der Waals surface area contributed by atoms with Crippen molar-refractivity contribution in [1.29, 1.82) is 0 Å². The molecule has 0 aromatic carbocycles. The number of hydrogen-bond acceptors (Lipinski definition) is 3. The van der Waals surface area contributed by atoms with E-state index in [0.29, 0.717) is 12.6 Å². The Hall–Kier alpha value is -0.870. The van der Waals surface area contributed by atoms with E-state index in [1.807, 2.05) is 17.1 Å². The predicted molar refractivity (Wildman–Crippen MR) is 60.7 cm³/mol. The Morgan fingerprint density at radius 2 is 2.07 bits per heavy atom. The summed E-state index contributed by atoms with van der Waals surface area (Å²) in [4.78, 5) is 0. The van der Waals surface area contributed by atoms with Crippen LogP contribution in [0.5, 0.6) is 0 Å². The highest BCUT2D eigenvalue weighted by Gasteiger charge is 2.09. The van der Waals surface area contributed by atoms with Crippen LogP contribution in [0.2, 0.25) is 0 Å². The molecule has 1 heterocycles. The maximum absolute atomic E-state index is 9.16. The van der Waals surface area contributed by atoms with Crippen LogP contribution in [0.15, 0.2) is 12.4 Å². The van der Waals surface area contributed by atoms with Gasteiger partial charge in [0.25, 0.3) is 0 Å². The number of aliphatic hydroxyl groups excluding tert-OH is 1. The van der Waals surface area contributed by atoms with Crippen molar-refractivity contribution in [1.82, 2.24) is 15.1 Å². The molecule has 1 aromatic heterocycles. The summed E-state index contributed by atoms with van der Waals surface area (Å²) in [5.41, 5.74) is 1.16. The lowest BCUT2D eigenvalue weighted by molar-refractivity contribution is 0.187. The van der Waals surface area contributed by atoms with Gasteiger partial charge in [-0.2, -0.15) is 5.10 Å². The van der Waals surface area contributed by atoms with Crippen LogP contribution in [-0.2, 0) is 0 Å². The van der Waals surface area contributed by atoms with Crippen LogP contribution in [0.25, 0.3) is 0 Å². The second kappa shape index (κ2) is 5.28. The van der Waals surface area contributed by atoms with Crippen LogP contribution < -0.4 is 5.32 Å². The monoisotopic (exact) mass is 211 g/mol. The maximum Gasteiger partial charge on any atom is 0.0636 e. The zero-order chi connectivity index (χ0) is 11.4. The van der Waals surface area contributed by atoms with Gasteiger partial charge in [0, 0.05) is 30.4 Å². The molecule has 0 fully saturated rings. The number of nitrogens with zero attached hydrogens (tertiary/aromatic N) is 2. The number of hydrogen-bond donors (Lipinski definition) is 2. The molecule has 0 aliphatic heterocycles. The van der Waals surface area contributed by atoms with E-state index >= 15 is 0 Å². The second-order valence-corrected chi connectivity index (χ2v) is 4.33. The number of aromatic nitrogens is 2. The highest BCUT2D eigenvalue weighted by molar-refractivity contribution is 5.09. The Kier molecular flexibility index (Phi) is 4.29. The van der Waals surface area contributed by atoms with E-state index in [4.69, 9.17) is 5.11 Å². The van der Waals surface area contributed by atoms with E-state index < -0.39 is 0 Å². The molecule has 0 aliphatic rings. The fraction of sp³-hybridized carbons (Fsp3) is 0.727. The van der Waals surface area contributed by atoms with Crippen molar-refractivity contribution in [2.24, 2.45) is 0 Å². The fourth-order valence-corrected chi connectivity index (χ4v) is 1.32. The van der Waals surface area contributed by atoms with Crippen LogP contribution in [0.4, 0.5) is 0 Å². The molecule has 2 N–H and O–H groups in total. The van der Waals surface area contributed by atoms with Crippen molar-refractivity contribution in [2.75, 3.05) is 6.54 Å². The van der Waals surface area contributed by atoms with Crippen LogP contribution in [0, 0.1) is 0 Å². The van der Waals surface area contributed by atoms with E-state index in [1.54, 1.807) is 6.92 Å². The van der Waals surface area contributed by atoms with Crippen molar-refractivity contribution in [3.05, 3.63) is 18.0 Å². The van der Waals surface area contributed by atoms with E-state index in [1.165, 1.54) is 0 Å². The molecule has 86 valence electrons. The summed E-state index contributed by atoms with van der Waals surface area (Å²) < 4.78 is 1.94. The number of nitrogens with one attached hydrogen (secondary N) is 1. The third-order valence-corrected chi connectivity index (χ3v) is 2.37. The number of rotatable bonds is 5. The zero-order valence-corrected chi connectivity index (χ0v) is 9.94. The third-order valence-electron chi connectivity index (χ3n) is 2.37. The van der Waals surface area contributed by atoms with Gasteiger partial charge < -0.3 is 10.4 Å². The molecule has 0 saturated heterocycles. The molecule has 4 heteroatoms. The van der Waals surface area contributed by atoms with Gasteiger partial charge in [0.15, 0.2) is 0 Å². The Morgan fingerprint density at radius 1 is 1.40 bits per heavy atom. The predicted octanol–water partition coefficient (Wildman–Crippen LogP) is 1.50. The smallest absolute Gasteiger partial charge is 0.0636 e. The zero-order valence-electron chi connectivity index (χ0n) is 9.94. The average molecular weight is 211 g/mol. The molecule has 1 aromatic rings. The van der Waals surface area contributed by atoms with Crippen LogP contribution in [-0.4, -0.2) is 27.5 Å². The van der Waals surface area contributed by atoms with Crippen molar-refractivity contribution in [3.8, 4) is 0 Å². The first-order valence-electron chi connectivity index (χ1n) is 5.46. The van der Waals surface area contributed by atoms with Crippen LogP contribution >= 0.6 is 0 Å². The molecule has 2 atom stereocenters. The van der Waals surface area contributed by atoms with E-state index in [2.05, 4.69) is 31.2 Å². The first-order valence-corrected chi connectivity index (χ1v) is 5.46. The van der Waals surface area contributed by atoms with Crippen LogP contribution in [0.1, 0.15) is 45.3 Å². The fourth-order valence-electron chi connectivity index (χ4n) is 1.32. The normalized spacial score (nSPS) is 15.6.